The molecule has 1 aromatic carbocycles. The molecule has 0 atom stereocenters. The predicted molar refractivity (Wildman–Crippen MR) is 82.3 cm³/mol. The Balaban J connectivity index is 1.83. The fraction of sp³-hybridized carbons (Fsp3) is 0.438. The Hall–Kier alpha value is -2.21. The Morgan fingerprint density at radius 2 is 2.14 bits per heavy atom. The number of rotatable bonds is 5. The van der Waals surface area contributed by atoms with E-state index in [4.69, 9.17) is 4.74 Å². The molecule has 22 heavy (non-hydrogen) atoms. The minimum absolute atomic E-state index is 0.236. The number of H-pyrrole nitrogens is 1. The van der Waals surface area contributed by atoms with Crippen LogP contribution in [0.1, 0.15) is 35.8 Å². The second-order valence-corrected chi connectivity index (χ2v) is 5.42. The van der Waals surface area contributed by atoms with E-state index in [0.29, 0.717) is 12.3 Å². The van der Waals surface area contributed by atoms with Crippen molar-refractivity contribution < 1.29 is 9.53 Å². The van der Waals surface area contributed by atoms with Gasteiger partial charge < -0.3 is 4.74 Å². The number of aromatic nitrogens is 3. The summed E-state index contributed by atoms with van der Waals surface area (Å²) >= 11 is 0. The molecule has 1 aliphatic rings. The minimum Gasteiger partial charge on any atom is -0.461 e. The number of benzene rings is 1. The third-order valence-corrected chi connectivity index (χ3v) is 3.82. The highest BCUT2D eigenvalue weighted by atomic mass is 16.5. The van der Waals surface area contributed by atoms with Crippen LogP contribution in [0.5, 0.6) is 0 Å². The van der Waals surface area contributed by atoms with Crippen molar-refractivity contribution in [3.8, 4) is 11.3 Å². The van der Waals surface area contributed by atoms with Gasteiger partial charge in [0.2, 0.25) is 0 Å². The first-order chi connectivity index (χ1) is 10.8. The van der Waals surface area contributed by atoms with E-state index in [-0.39, 0.29) is 5.69 Å². The molecule has 6 nitrogen and oxygen atoms in total. The topological polar surface area (TPSA) is 71.1 Å². The van der Waals surface area contributed by atoms with Crippen molar-refractivity contribution >= 4 is 5.97 Å². The largest absolute Gasteiger partial charge is 0.461 e. The van der Waals surface area contributed by atoms with Gasteiger partial charge in [-0.15, -0.1) is 5.10 Å². The maximum absolute atomic E-state index is 11.9. The van der Waals surface area contributed by atoms with E-state index in [9.17, 15) is 4.79 Å². The summed E-state index contributed by atoms with van der Waals surface area (Å²) in [6.07, 6.45) is 2.55. The average Bonchev–Trinajstić information content (AvgIpc) is 3.19. The van der Waals surface area contributed by atoms with E-state index in [2.05, 4.69) is 32.4 Å². The smallest absolute Gasteiger partial charge is 0.361 e. The number of hydrogen-bond acceptors (Lipinski definition) is 5. The van der Waals surface area contributed by atoms with E-state index < -0.39 is 5.97 Å². The van der Waals surface area contributed by atoms with Crippen LogP contribution in [-0.4, -0.2) is 46.0 Å². The molecule has 0 radical (unpaired) electrons. The number of carbonyl (C=O) groups is 1. The SMILES string of the molecule is CCOC(=O)c1n[nH]nc1-c1cccc(CN2CCCC2)c1. The molecule has 0 aliphatic carbocycles. The molecule has 0 amide bonds. The van der Waals surface area contributed by atoms with Crippen molar-refractivity contribution in [3.05, 3.63) is 35.5 Å². The zero-order valence-corrected chi connectivity index (χ0v) is 12.7. The van der Waals surface area contributed by atoms with E-state index >= 15 is 0 Å². The molecule has 0 unspecified atom stereocenters. The number of carbonyl (C=O) groups excluding carboxylic acids is 1. The predicted octanol–water partition coefficient (Wildman–Crippen LogP) is 2.24. The van der Waals surface area contributed by atoms with Crippen LogP contribution in [0.3, 0.4) is 0 Å². The van der Waals surface area contributed by atoms with E-state index in [1.54, 1.807) is 6.92 Å². The maximum Gasteiger partial charge on any atom is 0.361 e. The van der Waals surface area contributed by atoms with Crippen molar-refractivity contribution in [3.63, 3.8) is 0 Å². The van der Waals surface area contributed by atoms with Crippen LogP contribution in [0.4, 0.5) is 0 Å². The highest BCUT2D eigenvalue weighted by Crippen LogP contribution is 2.22. The Morgan fingerprint density at radius 1 is 1.32 bits per heavy atom. The Morgan fingerprint density at radius 3 is 2.91 bits per heavy atom. The highest BCUT2D eigenvalue weighted by Gasteiger charge is 2.19. The minimum atomic E-state index is -0.448. The van der Waals surface area contributed by atoms with Crippen molar-refractivity contribution in [2.24, 2.45) is 0 Å². The molecule has 3 rings (SSSR count). The Kier molecular flexibility index (Phi) is 4.48. The second kappa shape index (κ2) is 6.70. The number of hydrogen-bond donors (Lipinski definition) is 1. The number of likely N-dealkylation sites (tertiary alicyclic amines) is 1. The number of nitrogens with zero attached hydrogens (tertiary/aromatic N) is 3. The van der Waals surface area contributed by atoms with Gasteiger partial charge in [-0.2, -0.15) is 10.3 Å². The molecule has 1 N–H and O–H groups in total. The Bertz CT molecular complexity index is 647. The lowest BCUT2D eigenvalue weighted by molar-refractivity contribution is 0.0520. The fourth-order valence-electron chi connectivity index (χ4n) is 2.79. The zero-order chi connectivity index (χ0) is 15.4. The van der Waals surface area contributed by atoms with Crippen LogP contribution in [0.15, 0.2) is 24.3 Å². The van der Waals surface area contributed by atoms with Crippen LogP contribution in [-0.2, 0) is 11.3 Å². The molecular formula is C16H20N4O2. The molecule has 0 saturated carbocycles. The summed E-state index contributed by atoms with van der Waals surface area (Å²) in [6, 6.07) is 8.10. The van der Waals surface area contributed by atoms with Crippen LogP contribution < -0.4 is 0 Å². The molecule has 2 heterocycles. The first kappa shape index (κ1) is 14.7. The van der Waals surface area contributed by atoms with Crippen LogP contribution in [0.2, 0.25) is 0 Å². The molecule has 1 saturated heterocycles. The summed E-state index contributed by atoms with van der Waals surface area (Å²) in [5.74, 6) is -0.448. The van der Waals surface area contributed by atoms with E-state index in [1.165, 1.54) is 18.4 Å². The molecule has 1 fully saturated rings. The lowest BCUT2D eigenvalue weighted by Crippen LogP contribution is -2.18. The summed E-state index contributed by atoms with van der Waals surface area (Å²) < 4.78 is 5.02. The average molecular weight is 300 g/mol. The first-order valence-corrected chi connectivity index (χ1v) is 7.67. The van der Waals surface area contributed by atoms with Gasteiger partial charge in [0.15, 0.2) is 5.69 Å². The summed E-state index contributed by atoms with van der Waals surface area (Å²) in [4.78, 5) is 14.3. The van der Waals surface area contributed by atoms with Crippen molar-refractivity contribution in [2.45, 2.75) is 26.3 Å². The fourth-order valence-corrected chi connectivity index (χ4v) is 2.79. The normalized spacial score (nSPS) is 15.1. The monoisotopic (exact) mass is 300 g/mol. The van der Waals surface area contributed by atoms with Crippen molar-refractivity contribution in [2.75, 3.05) is 19.7 Å². The number of esters is 1. The first-order valence-electron chi connectivity index (χ1n) is 7.67. The van der Waals surface area contributed by atoms with E-state index in [1.807, 2.05) is 12.1 Å². The maximum atomic E-state index is 11.9. The van der Waals surface area contributed by atoms with Gasteiger partial charge in [0.05, 0.1) is 6.61 Å². The highest BCUT2D eigenvalue weighted by molar-refractivity contribution is 5.93. The van der Waals surface area contributed by atoms with Gasteiger partial charge in [-0.05, 0) is 44.5 Å². The van der Waals surface area contributed by atoms with Gasteiger partial charge in [0, 0.05) is 12.1 Å². The van der Waals surface area contributed by atoms with Crippen LogP contribution in [0, 0.1) is 0 Å². The third-order valence-electron chi connectivity index (χ3n) is 3.82. The van der Waals surface area contributed by atoms with Gasteiger partial charge in [-0.3, -0.25) is 4.90 Å². The number of aromatic amines is 1. The van der Waals surface area contributed by atoms with Gasteiger partial charge in [0.25, 0.3) is 0 Å². The van der Waals surface area contributed by atoms with E-state index in [0.717, 1.165) is 25.2 Å². The van der Waals surface area contributed by atoms with Gasteiger partial charge in [-0.25, -0.2) is 4.79 Å². The number of nitrogens with one attached hydrogen (secondary N) is 1. The Labute approximate surface area is 129 Å². The molecular weight excluding hydrogens is 280 g/mol. The van der Waals surface area contributed by atoms with Crippen LogP contribution >= 0.6 is 0 Å². The molecule has 2 aromatic rings. The van der Waals surface area contributed by atoms with Gasteiger partial charge in [-0.1, -0.05) is 18.2 Å². The number of ether oxygens (including phenoxy) is 1. The molecule has 1 aromatic heterocycles. The van der Waals surface area contributed by atoms with Crippen molar-refractivity contribution in [1.82, 2.24) is 20.3 Å². The van der Waals surface area contributed by atoms with Gasteiger partial charge in [0.1, 0.15) is 5.69 Å². The molecule has 116 valence electrons. The van der Waals surface area contributed by atoms with Gasteiger partial charge >= 0.3 is 5.97 Å². The molecule has 1 aliphatic heterocycles. The second-order valence-electron chi connectivity index (χ2n) is 5.42. The molecule has 6 heteroatoms. The lowest BCUT2D eigenvalue weighted by atomic mass is 10.1. The standard InChI is InChI=1S/C16H20N4O2/c1-2-22-16(21)15-14(17-19-18-15)13-7-5-6-12(10-13)11-20-8-3-4-9-20/h5-7,10H,2-4,8-9,11H2,1H3,(H,17,18,19). The summed E-state index contributed by atoms with van der Waals surface area (Å²) in [5.41, 5.74) is 2.88. The summed E-state index contributed by atoms with van der Waals surface area (Å²) in [6.45, 7) is 5.33. The quantitative estimate of drug-likeness (QED) is 0.858. The summed E-state index contributed by atoms with van der Waals surface area (Å²) in [7, 11) is 0. The molecule has 0 spiro atoms. The van der Waals surface area contributed by atoms with Crippen molar-refractivity contribution in [1.29, 1.82) is 0 Å². The van der Waals surface area contributed by atoms with Crippen LogP contribution in [0.25, 0.3) is 11.3 Å². The molecule has 0 bridgehead atoms. The third kappa shape index (κ3) is 3.17. The summed E-state index contributed by atoms with van der Waals surface area (Å²) in [5, 5.41) is 10.6. The zero-order valence-electron chi connectivity index (χ0n) is 12.7. The lowest BCUT2D eigenvalue weighted by Gasteiger charge is -2.14.